The average molecular weight is 265 g/mol. The lowest BCUT2D eigenvalue weighted by Crippen LogP contribution is -2.08. The van der Waals surface area contributed by atoms with E-state index in [4.69, 9.17) is 0 Å². The number of aryl methyl sites for hydroxylation is 1. The Morgan fingerprint density at radius 3 is 2.80 bits per heavy atom. The van der Waals surface area contributed by atoms with E-state index < -0.39 is 0 Å². The molecule has 0 amide bonds. The molecule has 0 fully saturated rings. The van der Waals surface area contributed by atoms with Crippen molar-refractivity contribution in [2.75, 3.05) is 0 Å². The molecule has 1 aromatic carbocycles. The van der Waals surface area contributed by atoms with Gasteiger partial charge in [0.05, 0.1) is 10.2 Å². The number of rotatable bonds is 1. The van der Waals surface area contributed by atoms with Crippen LogP contribution in [0.2, 0.25) is 0 Å². The summed E-state index contributed by atoms with van der Waals surface area (Å²) < 4.78 is 0.494. The maximum Gasteiger partial charge on any atom is 0.278 e. The van der Waals surface area contributed by atoms with Gasteiger partial charge in [-0.15, -0.1) is 0 Å². The molecule has 0 bridgehead atoms. The molecule has 0 saturated heterocycles. The molecule has 1 N–H and O–H groups in total. The Bertz CT molecular complexity index is 548. The van der Waals surface area contributed by atoms with Crippen LogP contribution in [0.1, 0.15) is 5.56 Å². The van der Waals surface area contributed by atoms with E-state index in [0.717, 1.165) is 16.8 Å². The smallest absolute Gasteiger partial charge is 0.267 e. The lowest BCUT2D eigenvalue weighted by Gasteiger charge is -2.01. The highest BCUT2D eigenvalue weighted by Gasteiger charge is 2.02. The summed E-state index contributed by atoms with van der Waals surface area (Å²) in [5.74, 6) is 0. The van der Waals surface area contributed by atoms with E-state index in [-0.39, 0.29) is 5.56 Å². The number of H-pyrrole nitrogens is 1. The maximum absolute atomic E-state index is 11.1. The topological polar surface area (TPSA) is 45.8 Å². The fraction of sp³-hybridized carbons (Fsp3) is 0.0909. The van der Waals surface area contributed by atoms with Crippen molar-refractivity contribution in [2.24, 2.45) is 0 Å². The van der Waals surface area contributed by atoms with Gasteiger partial charge < -0.3 is 0 Å². The van der Waals surface area contributed by atoms with Crippen molar-refractivity contribution < 1.29 is 0 Å². The second-order valence-electron chi connectivity index (χ2n) is 3.30. The zero-order valence-electron chi connectivity index (χ0n) is 8.12. The van der Waals surface area contributed by atoms with E-state index in [9.17, 15) is 4.79 Å². The maximum atomic E-state index is 11.1. The highest BCUT2D eigenvalue weighted by molar-refractivity contribution is 9.10. The van der Waals surface area contributed by atoms with Crippen LogP contribution in [0.3, 0.4) is 0 Å². The summed E-state index contributed by atoms with van der Waals surface area (Å²) in [6.07, 6.45) is 0. The molecule has 0 aliphatic rings. The molecule has 15 heavy (non-hydrogen) atoms. The molecule has 0 unspecified atom stereocenters. The first-order chi connectivity index (χ1) is 7.16. The summed E-state index contributed by atoms with van der Waals surface area (Å²) in [5.41, 5.74) is 2.69. The molecule has 0 aliphatic carbocycles. The fourth-order valence-electron chi connectivity index (χ4n) is 1.33. The van der Waals surface area contributed by atoms with Crippen molar-refractivity contribution in [3.63, 3.8) is 0 Å². The minimum atomic E-state index is -0.216. The van der Waals surface area contributed by atoms with Gasteiger partial charge in [0.25, 0.3) is 5.56 Å². The first-order valence-corrected chi connectivity index (χ1v) is 5.28. The number of aromatic nitrogens is 2. The fourth-order valence-corrected chi connectivity index (χ4v) is 1.64. The van der Waals surface area contributed by atoms with Crippen LogP contribution in [0.4, 0.5) is 0 Å². The van der Waals surface area contributed by atoms with Crippen molar-refractivity contribution >= 4 is 15.9 Å². The van der Waals surface area contributed by atoms with Gasteiger partial charge in [-0.2, -0.15) is 5.10 Å². The lowest BCUT2D eigenvalue weighted by atomic mass is 10.1. The molecule has 2 aromatic rings. The first-order valence-electron chi connectivity index (χ1n) is 4.49. The van der Waals surface area contributed by atoms with E-state index >= 15 is 0 Å². The molecule has 0 radical (unpaired) electrons. The molecule has 0 aliphatic heterocycles. The number of nitrogens with zero attached hydrogens (tertiary/aromatic N) is 1. The number of hydrogen-bond acceptors (Lipinski definition) is 2. The quantitative estimate of drug-likeness (QED) is 0.861. The van der Waals surface area contributed by atoms with Gasteiger partial charge in [-0.1, -0.05) is 23.8 Å². The molecule has 76 valence electrons. The minimum absolute atomic E-state index is 0.216. The lowest BCUT2D eigenvalue weighted by molar-refractivity contribution is 0.985. The van der Waals surface area contributed by atoms with Crippen LogP contribution in [-0.2, 0) is 0 Å². The van der Waals surface area contributed by atoms with E-state index in [0.29, 0.717) is 4.47 Å². The Balaban J connectivity index is 2.55. The van der Waals surface area contributed by atoms with Crippen LogP contribution in [0.25, 0.3) is 11.3 Å². The summed E-state index contributed by atoms with van der Waals surface area (Å²) in [5, 5.41) is 6.42. The van der Waals surface area contributed by atoms with Crippen LogP contribution in [-0.4, -0.2) is 10.2 Å². The number of nitrogens with one attached hydrogen (secondary N) is 1. The third kappa shape index (κ3) is 2.15. The summed E-state index contributed by atoms with van der Waals surface area (Å²) >= 11 is 3.18. The van der Waals surface area contributed by atoms with Gasteiger partial charge >= 0.3 is 0 Å². The van der Waals surface area contributed by atoms with Crippen LogP contribution in [0.15, 0.2) is 39.6 Å². The highest BCUT2D eigenvalue weighted by atomic mass is 79.9. The molecule has 2 rings (SSSR count). The van der Waals surface area contributed by atoms with Gasteiger partial charge in [-0.3, -0.25) is 4.79 Å². The van der Waals surface area contributed by atoms with Crippen molar-refractivity contribution in [2.45, 2.75) is 6.92 Å². The van der Waals surface area contributed by atoms with Crippen molar-refractivity contribution in [1.29, 1.82) is 0 Å². The second kappa shape index (κ2) is 3.98. The zero-order valence-corrected chi connectivity index (χ0v) is 9.71. The SMILES string of the molecule is Cc1cccc(-c2cc(Br)c(=O)[nH]n2)c1. The van der Waals surface area contributed by atoms with E-state index in [2.05, 4.69) is 26.1 Å². The molecule has 0 spiro atoms. The molecule has 1 aromatic heterocycles. The zero-order chi connectivity index (χ0) is 10.8. The summed E-state index contributed by atoms with van der Waals surface area (Å²) in [4.78, 5) is 11.1. The highest BCUT2D eigenvalue weighted by Crippen LogP contribution is 2.18. The Hall–Kier alpha value is -1.42. The third-order valence-corrected chi connectivity index (χ3v) is 2.66. The van der Waals surface area contributed by atoms with Crippen LogP contribution < -0.4 is 5.56 Å². The molecule has 1 heterocycles. The average Bonchev–Trinajstić information content (AvgIpc) is 2.22. The first kappa shape index (κ1) is 10.1. The summed E-state index contributed by atoms with van der Waals surface area (Å²) in [7, 11) is 0. The molecule has 4 heteroatoms. The molecular weight excluding hydrogens is 256 g/mol. The van der Waals surface area contributed by atoms with Gasteiger partial charge in [0, 0.05) is 5.56 Å². The molecular formula is C11H9BrN2O. The Kier molecular flexibility index (Phi) is 2.68. The van der Waals surface area contributed by atoms with E-state index in [1.807, 2.05) is 31.2 Å². The standard InChI is InChI=1S/C11H9BrN2O/c1-7-3-2-4-8(5-7)10-6-9(12)11(15)14-13-10/h2-6H,1H3,(H,14,15). The summed E-state index contributed by atoms with van der Waals surface area (Å²) in [6.45, 7) is 2.02. The predicted octanol–water partition coefficient (Wildman–Crippen LogP) is 2.51. The molecule has 3 nitrogen and oxygen atoms in total. The van der Waals surface area contributed by atoms with Crippen molar-refractivity contribution in [1.82, 2.24) is 10.2 Å². The van der Waals surface area contributed by atoms with Gasteiger partial charge in [0.1, 0.15) is 0 Å². The number of halogens is 1. The number of benzene rings is 1. The third-order valence-electron chi connectivity index (χ3n) is 2.07. The van der Waals surface area contributed by atoms with E-state index in [1.165, 1.54) is 0 Å². The van der Waals surface area contributed by atoms with Crippen LogP contribution in [0, 0.1) is 6.92 Å². The largest absolute Gasteiger partial charge is 0.278 e. The van der Waals surface area contributed by atoms with Gasteiger partial charge in [0.15, 0.2) is 0 Å². The normalized spacial score (nSPS) is 10.3. The number of aromatic amines is 1. The second-order valence-corrected chi connectivity index (χ2v) is 4.15. The van der Waals surface area contributed by atoms with Crippen molar-refractivity contribution in [3.05, 3.63) is 50.7 Å². The summed E-state index contributed by atoms with van der Waals surface area (Å²) in [6, 6.07) is 9.68. The minimum Gasteiger partial charge on any atom is -0.267 e. The predicted molar refractivity (Wildman–Crippen MR) is 62.7 cm³/mol. The van der Waals surface area contributed by atoms with Crippen LogP contribution >= 0.6 is 15.9 Å². The Labute approximate surface area is 95.3 Å². The van der Waals surface area contributed by atoms with Crippen LogP contribution in [0.5, 0.6) is 0 Å². The van der Waals surface area contributed by atoms with Gasteiger partial charge in [-0.05, 0) is 35.0 Å². The van der Waals surface area contributed by atoms with E-state index in [1.54, 1.807) is 6.07 Å². The number of hydrogen-bond donors (Lipinski definition) is 1. The van der Waals surface area contributed by atoms with Gasteiger partial charge in [0.2, 0.25) is 0 Å². The molecule has 0 saturated carbocycles. The monoisotopic (exact) mass is 264 g/mol. The van der Waals surface area contributed by atoms with Crippen molar-refractivity contribution in [3.8, 4) is 11.3 Å². The Morgan fingerprint density at radius 1 is 1.33 bits per heavy atom. The molecule has 0 atom stereocenters. The van der Waals surface area contributed by atoms with Gasteiger partial charge in [-0.25, -0.2) is 5.10 Å². The Morgan fingerprint density at radius 2 is 2.13 bits per heavy atom.